The number of fused-ring (bicyclic) bond motifs is 7. The van der Waals surface area contributed by atoms with Gasteiger partial charge in [0.2, 0.25) is 5.91 Å². The Bertz CT molecular complexity index is 1170. The second kappa shape index (κ2) is 11.9. The molecule has 2 aliphatic heterocycles. The molecule has 6 saturated carbocycles. The van der Waals surface area contributed by atoms with Gasteiger partial charge in [-0.05, 0) is 154 Å². The van der Waals surface area contributed by atoms with Crippen molar-refractivity contribution in [1.29, 1.82) is 0 Å². The van der Waals surface area contributed by atoms with Crippen LogP contribution in [0.4, 0.5) is 0 Å². The van der Waals surface area contributed by atoms with Crippen LogP contribution >= 0.6 is 0 Å². The van der Waals surface area contributed by atoms with Gasteiger partial charge < -0.3 is 14.7 Å². The van der Waals surface area contributed by atoms with E-state index in [0.29, 0.717) is 39.9 Å². The number of aliphatic hydroxyl groups is 1. The second-order valence-corrected chi connectivity index (χ2v) is 19.7. The number of hydrogen-bond donors (Lipinski definition) is 1. The van der Waals surface area contributed by atoms with E-state index in [1.54, 1.807) is 0 Å². The number of morpholine rings is 1. The molecule has 1 amide bonds. The summed E-state index contributed by atoms with van der Waals surface area (Å²) in [5, 5.41) is 11.1. The maximum absolute atomic E-state index is 15.0. The maximum Gasteiger partial charge on any atom is 0.229 e. The van der Waals surface area contributed by atoms with Gasteiger partial charge in [0.1, 0.15) is 0 Å². The third-order valence-electron chi connectivity index (χ3n) is 17.8. The summed E-state index contributed by atoms with van der Waals surface area (Å²) in [6, 6.07) is 0. The number of carbonyl (C=O) groups is 1. The van der Waals surface area contributed by atoms with Gasteiger partial charge in [0.15, 0.2) is 0 Å². The van der Waals surface area contributed by atoms with Crippen LogP contribution in [0.25, 0.3) is 0 Å². The van der Waals surface area contributed by atoms with Crippen molar-refractivity contribution >= 4 is 5.91 Å². The van der Waals surface area contributed by atoms with E-state index in [2.05, 4.69) is 49.3 Å². The largest absolute Gasteiger partial charge is 0.393 e. The van der Waals surface area contributed by atoms with Gasteiger partial charge in [-0.3, -0.25) is 14.6 Å². The Morgan fingerprint density at radius 1 is 0.702 bits per heavy atom. The number of ether oxygens (including phenoxy) is 1. The summed E-state index contributed by atoms with van der Waals surface area (Å²) in [7, 11) is 0. The quantitative estimate of drug-likeness (QED) is 0.346. The SMILES string of the molecule is CC1(C)[C@@H](O)CC[C@]2(C)[C@H]3CC[C@@H]4[C@H]5[C@H](C6CC6)CC[C@]5(C(=O)N5CCN(CCCN6CCOCC6)CC5)CC[C@@]4(C)[C@]3(C)CC[C@@H]12. The van der Waals surface area contributed by atoms with Crippen LogP contribution in [0.2, 0.25) is 0 Å². The molecular weight excluding hydrogens is 582 g/mol. The lowest BCUT2D eigenvalue weighted by atomic mass is 9.32. The first-order chi connectivity index (χ1) is 22.4. The van der Waals surface area contributed by atoms with E-state index in [9.17, 15) is 5.11 Å². The van der Waals surface area contributed by atoms with E-state index in [1.807, 2.05) is 0 Å². The van der Waals surface area contributed by atoms with Crippen molar-refractivity contribution < 1.29 is 14.6 Å². The molecule has 0 bridgehead atoms. The van der Waals surface area contributed by atoms with Crippen LogP contribution in [-0.4, -0.2) is 97.4 Å². The molecule has 0 aromatic rings. The van der Waals surface area contributed by atoms with Gasteiger partial charge in [0.25, 0.3) is 0 Å². The lowest BCUT2D eigenvalue weighted by molar-refractivity contribution is -0.248. The van der Waals surface area contributed by atoms with Crippen LogP contribution in [0.5, 0.6) is 0 Å². The number of amides is 1. The Morgan fingerprint density at radius 3 is 2.11 bits per heavy atom. The van der Waals surface area contributed by atoms with E-state index in [4.69, 9.17) is 4.74 Å². The van der Waals surface area contributed by atoms with Gasteiger partial charge in [-0.1, -0.05) is 34.6 Å². The summed E-state index contributed by atoms with van der Waals surface area (Å²) < 4.78 is 5.53. The molecule has 0 aromatic carbocycles. The summed E-state index contributed by atoms with van der Waals surface area (Å²) >= 11 is 0. The highest BCUT2D eigenvalue weighted by molar-refractivity contribution is 5.84. The van der Waals surface area contributed by atoms with Gasteiger partial charge in [0.05, 0.1) is 24.7 Å². The molecule has 0 unspecified atom stereocenters. The molecule has 1 N–H and O–H groups in total. The molecule has 2 saturated heterocycles. The number of piperazine rings is 1. The number of hydrogen-bond acceptors (Lipinski definition) is 5. The van der Waals surface area contributed by atoms with Crippen LogP contribution in [0, 0.1) is 62.6 Å². The third kappa shape index (κ3) is 5.08. The zero-order chi connectivity index (χ0) is 32.8. The van der Waals surface area contributed by atoms with Crippen molar-refractivity contribution in [3.63, 3.8) is 0 Å². The van der Waals surface area contributed by atoms with Gasteiger partial charge >= 0.3 is 0 Å². The van der Waals surface area contributed by atoms with Crippen molar-refractivity contribution in [1.82, 2.24) is 14.7 Å². The first kappa shape index (κ1) is 33.5. The van der Waals surface area contributed by atoms with Crippen molar-refractivity contribution in [2.75, 3.05) is 65.6 Å². The molecule has 8 aliphatic rings. The average molecular weight is 652 g/mol. The molecule has 47 heavy (non-hydrogen) atoms. The average Bonchev–Trinajstić information content (AvgIpc) is 3.83. The standard InChI is InChI=1S/C41H69N3O3/c1-37(2)32-12-15-40(5)33(38(32,3)14-13-34(37)45)10-9-31-35-30(29-7-8-29)11-16-41(35,18-17-39(31,40)4)36(46)44-23-21-42(22-24-44)19-6-20-43-25-27-47-28-26-43/h29-35,45H,6-28H2,1-5H3/t30-,31+,32-,33+,34-,35+,38-,39+,40+,41-/m0/s1. The minimum Gasteiger partial charge on any atom is -0.393 e. The van der Waals surface area contributed by atoms with Crippen LogP contribution in [0.3, 0.4) is 0 Å². The summed E-state index contributed by atoms with van der Waals surface area (Å²) in [4.78, 5) is 22.6. The third-order valence-corrected chi connectivity index (χ3v) is 17.8. The molecule has 8 fully saturated rings. The summed E-state index contributed by atoms with van der Waals surface area (Å²) in [5.74, 6) is 4.89. The van der Waals surface area contributed by atoms with Crippen LogP contribution in [-0.2, 0) is 9.53 Å². The molecule has 0 radical (unpaired) electrons. The number of carbonyl (C=O) groups excluding carboxylic acids is 1. The fourth-order valence-corrected chi connectivity index (χ4v) is 14.9. The van der Waals surface area contributed by atoms with E-state index >= 15 is 4.79 Å². The zero-order valence-electron chi connectivity index (χ0n) is 30.9. The Balaban J connectivity index is 0.995. The van der Waals surface area contributed by atoms with E-state index in [1.165, 1.54) is 70.8 Å². The van der Waals surface area contributed by atoms with E-state index in [0.717, 1.165) is 96.0 Å². The smallest absolute Gasteiger partial charge is 0.229 e. The molecule has 0 spiro atoms. The van der Waals surface area contributed by atoms with Crippen LogP contribution in [0.15, 0.2) is 0 Å². The first-order valence-electron chi connectivity index (χ1n) is 20.4. The van der Waals surface area contributed by atoms with Gasteiger partial charge in [-0.25, -0.2) is 0 Å². The van der Waals surface area contributed by atoms with Crippen molar-refractivity contribution in [2.45, 2.75) is 124 Å². The highest BCUT2D eigenvalue weighted by atomic mass is 16.5. The Morgan fingerprint density at radius 2 is 1.40 bits per heavy atom. The normalized spacial score (nSPS) is 48.7. The summed E-state index contributed by atoms with van der Waals surface area (Å²) in [6.45, 7) is 23.1. The Kier molecular flexibility index (Phi) is 8.50. The van der Waals surface area contributed by atoms with Crippen molar-refractivity contribution in [2.24, 2.45) is 62.6 Å². The fraction of sp³-hybridized carbons (Fsp3) is 0.976. The van der Waals surface area contributed by atoms with Gasteiger partial charge in [0, 0.05) is 39.3 Å². The molecule has 266 valence electrons. The molecule has 8 rings (SSSR count). The highest BCUT2D eigenvalue weighted by Crippen LogP contribution is 2.78. The zero-order valence-corrected chi connectivity index (χ0v) is 30.9. The van der Waals surface area contributed by atoms with Crippen LogP contribution in [0.1, 0.15) is 118 Å². The Hall–Kier alpha value is -0.690. The first-order valence-corrected chi connectivity index (χ1v) is 20.4. The predicted molar refractivity (Wildman–Crippen MR) is 188 cm³/mol. The molecule has 10 atom stereocenters. The fourth-order valence-electron chi connectivity index (χ4n) is 14.9. The number of aliphatic hydroxyl groups excluding tert-OH is 1. The Labute approximate surface area is 287 Å². The van der Waals surface area contributed by atoms with Crippen LogP contribution < -0.4 is 0 Å². The summed E-state index contributed by atoms with van der Waals surface area (Å²) in [6.07, 6.45) is 16.2. The summed E-state index contributed by atoms with van der Waals surface area (Å²) in [5.41, 5.74) is 0.877. The van der Waals surface area contributed by atoms with Crippen molar-refractivity contribution in [3.05, 3.63) is 0 Å². The minimum absolute atomic E-state index is 0.00943. The van der Waals surface area contributed by atoms with Gasteiger partial charge in [-0.2, -0.15) is 0 Å². The molecule has 6 aliphatic carbocycles. The predicted octanol–water partition coefficient (Wildman–Crippen LogP) is 6.71. The minimum atomic E-state index is -0.159. The number of rotatable bonds is 6. The van der Waals surface area contributed by atoms with E-state index < -0.39 is 0 Å². The highest BCUT2D eigenvalue weighted by Gasteiger charge is 2.72. The van der Waals surface area contributed by atoms with E-state index in [-0.39, 0.29) is 16.9 Å². The second-order valence-electron chi connectivity index (χ2n) is 19.7. The molecular formula is C41H69N3O3. The monoisotopic (exact) mass is 652 g/mol. The lowest BCUT2D eigenvalue weighted by Gasteiger charge is -2.73. The van der Waals surface area contributed by atoms with Gasteiger partial charge in [-0.15, -0.1) is 0 Å². The maximum atomic E-state index is 15.0. The molecule has 2 heterocycles. The molecule has 6 nitrogen and oxygen atoms in total. The molecule has 0 aromatic heterocycles. The lowest BCUT2D eigenvalue weighted by Crippen LogP contribution is -2.67. The van der Waals surface area contributed by atoms with Crippen molar-refractivity contribution in [3.8, 4) is 0 Å². The number of nitrogens with zero attached hydrogens (tertiary/aromatic N) is 3. The molecule has 6 heteroatoms. The topological polar surface area (TPSA) is 56.2 Å².